The van der Waals surface area contributed by atoms with Crippen LogP contribution in [0.3, 0.4) is 0 Å². The molecule has 0 saturated heterocycles. The third-order valence-electron chi connectivity index (χ3n) is 6.65. The molecule has 35 heavy (non-hydrogen) atoms. The molecule has 2 atom stereocenters. The predicted molar refractivity (Wildman–Crippen MR) is 147 cm³/mol. The molecule has 4 aromatic carbocycles. The average molecular weight is 483 g/mol. The van der Waals surface area contributed by atoms with Gasteiger partial charge in [0.05, 0.1) is 6.04 Å². The molecule has 0 aliphatic heterocycles. The predicted octanol–water partition coefficient (Wildman–Crippen LogP) is 8.12. The Hall–Kier alpha value is -3.30. The number of para-hydroxylation sites is 2. The summed E-state index contributed by atoms with van der Waals surface area (Å²) < 4.78 is 15.5. The Morgan fingerprint density at radius 1 is 0.657 bits per heavy atom. The summed E-state index contributed by atoms with van der Waals surface area (Å²) in [5.41, 5.74) is 4.25. The van der Waals surface area contributed by atoms with Gasteiger partial charge in [0.2, 0.25) is 0 Å². The van der Waals surface area contributed by atoms with E-state index in [2.05, 4.69) is 103 Å². The minimum Gasteiger partial charge on any atom is -0.408 e. The van der Waals surface area contributed by atoms with E-state index in [0.717, 1.165) is 28.5 Å². The van der Waals surface area contributed by atoms with Crippen LogP contribution in [0.5, 0.6) is 0 Å². The van der Waals surface area contributed by atoms with E-state index in [1.54, 1.807) is 0 Å². The van der Waals surface area contributed by atoms with Crippen LogP contribution in [-0.4, -0.2) is 25.0 Å². The average Bonchev–Trinajstić information content (AvgIpc) is 3.07. The lowest BCUT2D eigenvalue weighted by atomic mass is 9.99. The Morgan fingerprint density at radius 3 is 1.71 bits per heavy atom. The van der Waals surface area contributed by atoms with Crippen LogP contribution in [-0.2, 0) is 6.54 Å². The van der Waals surface area contributed by atoms with Crippen molar-refractivity contribution >= 4 is 30.1 Å². The van der Waals surface area contributed by atoms with Crippen LogP contribution in [0.1, 0.15) is 24.1 Å². The zero-order valence-electron chi connectivity index (χ0n) is 20.4. The van der Waals surface area contributed by atoms with Crippen molar-refractivity contribution in [2.75, 3.05) is 18.8 Å². The molecule has 1 heterocycles. The second kappa shape index (κ2) is 10.5. The van der Waals surface area contributed by atoms with Crippen LogP contribution in [0.15, 0.2) is 118 Å². The van der Waals surface area contributed by atoms with Crippen molar-refractivity contribution in [1.29, 1.82) is 0 Å². The van der Waals surface area contributed by atoms with Gasteiger partial charge in [-0.15, -0.1) is 0 Å². The van der Waals surface area contributed by atoms with Gasteiger partial charge in [-0.25, -0.2) is 0 Å². The van der Waals surface area contributed by atoms with Gasteiger partial charge in [0.25, 0.3) is 0 Å². The fourth-order valence-corrected chi connectivity index (χ4v) is 6.15. The van der Waals surface area contributed by atoms with Crippen LogP contribution >= 0.6 is 8.16 Å². The van der Waals surface area contributed by atoms with E-state index in [1.165, 1.54) is 11.1 Å². The normalized spacial score (nSPS) is 13.4. The van der Waals surface area contributed by atoms with Gasteiger partial charge < -0.3 is 8.39 Å². The molecule has 5 heteroatoms. The maximum absolute atomic E-state index is 6.60. The lowest BCUT2D eigenvalue weighted by molar-refractivity contribution is 0.218. The molecular formula is C30H31N2O2P. The van der Waals surface area contributed by atoms with Crippen molar-refractivity contribution in [3.63, 3.8) is 0 Å². The molecule has 4 nitrogen and oxygen atoms in total. The first-order chi connectivity index (χ1) is 17.1. The SMILES string of the molecule is C[C@H]([C@H](c1ccccc1)N(C)p1oc2ccccc2c2ccccc2o1)N(C)Cc1ccccc1. The number of nitrogens with zero attached hydrogens (tertiary/aromatic N) is 2. The Bertz CT molecular complexity index is 1380. The molecule has 0 amide bonds. The molecule has 1 aromatic heterocycles. The van der Waals surface area contributed by atoms with Crippen LogP contribution in [0.4, 0.5) is 0 Å². The fourth-order valence-electron chi connectivity index (χ4n) is 4.67. The Labute approximate surface area is 208 Å². The lowest BCUT2D eigenvalue weighted by Crippen LogP contribution is -2.40. The summed E-state index contributed by atoms with van der Waals surface area (Å²) in [6.45, 7) is 3.15. The van der Waals surface area contributed by atoms with Gasteiger partial charge in [0.1, 0.15) is 11.2 Å². The number of fused-ring (bicyclic) bond motifs is 3. The molecule has 0 aliphatic rings. The van der Waals surface area contributed by atoms with Gasteiger partial charge in [-0.2, -0.15) is 4.67 Å². The van der Waals surface area contributed by atoms with E-state index in [1.807, 2.05) is 36.4 Å². The second-order valence-electron chi connectivity index (χ2n) is 8.98. The summed E-state index contributed by atoms with van der Waals surface area (Å²) in [4.78, 5) is 2.40. The largest absolute Gasteiger partial charge is 0.408 e. The summed E-state index contributed by atoms with van der Waals surface area (Å²) in [5, 5.41) is 2.12. The highest BCUT2D eigenvalue weighted by molar-refractivity contribution is 7.38. The smallest absolute Gasteiger partial charge is 0.310 e. The van der Waals surface area contributed by atoms with Crippen LogP contribution in [0.2, 0.25) is 0 Å². The highest BCUT2D eigenvalue weighted by Crippen LogP contribution is 2.41. The molecule has 5 aromatic rings. The summed E-state index contributed by atoms with van der Waals surface area (Å²) in [6, 6.07) is 37.9. The van der Waals surface area contributed by atoms with E-state index < -0.39 is 8.16 Å². The van der Waals surface area contributed by atoms with E-state index in [0.29, 0.717) is 0 Å². The van der Waals surface area contributed by atoms with Gasteiger partial charge in [0.15, 0.2) is 0 Å². The zero-order chi connectivity index (χ0) is 24.2. The molecule has 0 aliphatic carbocycles. The van der Waals surface area contributed by atoms with E-state index in [9.17, 15) is 0 Å². The summed E-state index contributed by atoms with van der Waals surface area (Å²) in [5.74, 6) is 0. The molecule has 0 saturated carbocycles. The van der Waals surface area contributed by atoms with Gasteiger partial charge in [-0.05, 0) is 37.2 Å². The Balaban J connectivity index is 1.60. The quantitative estimate of drug-likeness (QED) is 0.234. The van der Waals surface area contributed by atoms with Gasteiger partial charge in [-0.1, -0.05) is 97.1 Å². The third-order valence-corrected chi connectivity index (χ3v) is 8.12. The number of benzene rings is 4. The third kappa shape index (κ3) is 5.06. The number of hydrogen-bond acceptors (Lipinski definition) is 4. The first-order valence-corrected chi connectivity index (χ1v) is 13.1. The van der Waals surface area contributed by atoms with Crippen LogP contribution < -0.4 is 4.67 Å². The monoisotopic (exact) mass is 482 g/mol. The zero-order valence-corrected chi connectivity index (χ0v) is 21.3. The topological polar surface area (TPSA) is 32.8 Å². The van der Waals surface area contributed by atoms with Crippen molar-refractivity contribution in [1.82, 2.24) is 4.90 Å². The summed E-state index contributed by atoms with van der Waals surface area (Å²) in [6.07, 6.45) is 0. The van der Waals surface area contributed by atoms with Crippen LogP contribution in [0.25, 0.3) is 21.9 Å². The first kappa shape index (κ1) is 23.4. The molecule has 0 N–H and O–H groups in total. The van der Waals surface area contributed by atoms with E-state index >= 15 is 0 Å². The highest BCUT2D eigenvalue weighted by Gasteiger charge is 2.30. The number of hydrogen-bond donors (Lipinski definition) is 0. The second-order valence-corrected chi connectivity index (χ2v) is 10.5. The van der Waals surface area contributed by atoms with E-state index in [4.69, 9.17) is 8.39 Å². The molecule has 0 bridgehead atoms. The fraction of sp³-hybridized carbons (Fsp3) is 0.200. The van der Waals surface area contributed by atoms with Gasteiger partial charge in [-0.3, -0.25) is 4.90 Å². The Morgan fingerprint density at radius 2 is 1.14 bits per heavy atom. The highest BCUT2D eigenvalue weighted by atomic mass is 31.1. The van der Waals surface area contributed by atoms with Crippen molar-refractivity contribution in [2.24, 2.45) is 0 Å². The Kier molecular flexibility index (Phi) is 7.06. The van der Waals surface area contributed by atoms with Crippen LogP contribution in [0, 0.1) is 0 Å². The molecule has 0 fully saturated rings. The van der Waals surface area contributed by atoms with Crippen molar-refractivity contribution in [3.05, 3.63) is 120 Å². The molecule has 0 spiro atoms. The minimum atomic E-state index is -1.41. The number of rotatable bonds is 7. The standard InChI is InChI=1S/C30H31N2O2P/c1-23(31(2)22-24-14-6-4-7-15-24)30(25-16-8-5-9-17-25)32(3)35-33-28-20-12-10-18-26(28)27-19-11-13-21-29(27)34-35/h4-21,23,30H,22H2,1-3H3/t23-,30-/m1/s1. The van der Waals surface area contributed by atoms with Gasteiger partial charge >= 0.3 is 8.16 Å². The summed E-state index contributed by atoms with van der Waals surface area (Å²) in [7, 11) is 2.90. The maximum Gasteiger partial charge on any atom is 0.310 e. The molecular weight excluding hydrogens is 451 g/mol. The van der Waals surface area contributed by atoms with Crippen molar-refractivity contribution < 1.29 is 8.39 Å². The maximum atomic E-state index is 6.60. The first-order valence-electron chi connectivity index (χ1n) is 12.0. The molecule has 0 radical (unpaired) electrons. The molecule has 178 valence electrons. The van der Waals surface area contributed by atoms with E-state index in [-0.39, 0.29) is 12.1 Å². The summed E-state index contributed by atoms with van der Waals surface area (Å²) >= 11 is 0. The van der Waals surface area contributed by atoms with Crippen molar-refractivity contribution in [2.45, 2.75) is 25.6 Å². The van der Waals surface area contributed by atoms with Gasteiger partial charge in [0, 0.05) is 30.4 Å². The molecule has 0 unspecified atom stereocenters. The minimum absolute atomic E-state index is 0.0634. The molecule has 5 rings (SSSR count). The van der Waals surface area contributed by atoms with Crippen molar-refractivity contribution in [3.8, 4) is 0 Å². The lowest BCUT2D eigenvalue weighted by Gasteiger charge is -2.36. The number of likely N-dealkylation sites (N-methyl/N-ethyl adjacent to an activating group) is 2.